The van der Waals surface area contributed by atoms with E-state index in [1.54, 1.807) is 53.4 Å². The number of para-hydroxylation sites is 2. The molecule has 0 unspecified atom stereocenters. The van der Waals surface area contributed by atoms with Crippen molar-refractivity contribution in [3.63, 3.8) is 0 Å². The van der Waals surface area contributed by atoms with Crippen LogP contribution < -0.4 is 20.3 Å². The Bertz CT molecular complexity index is 1130. The molecule has 0 spiro atoms. The third-order valence-electron chi connectivity index (χ3n) is 4.96. The maximum atomic E-state index is 13.3. The molecule has 0 aromatic heterocycles. The minimum Gasteiger partial charge on any atom is -0.493 e. The number of nitrogens with one attached hydrogen (secondary N) is 2. The minimum absolute atomic E-state index is 0.105. The van der Waals surface area contributed by atoms with Crippen molar-refractivity contribution in [2.75, 3.05) is 23.4 Å². The molecule has 0 saturated carbocycles. The molecule has 0 bridgehead atoms. The predicted molar refractivity (Wildman–Crippen MR) is 141 cm³/mol. The Kier molecular flexibility index (Phi) is 8.76. The molecular formula is C27H29N3O3S. The van der Waals surface area contributed by atoms with E-state index in [4.69, 9.17) is 17.0 Å². The third kappa shape index (κ3) is 6.65. The first-order valence-corrected chi connectivity index (χ1v) is 11.6. The van der Waals surface area contributed by atoms with E-state index in [0.717, 1.165) is 5.69 Å². The van der Waals surface area contributed by atoms with Crippen molar-refractivity contribution in [2.45, 2.75) is 20.8 Å². The van der Waals surface area contributed by atoms with Crippen LogP contribution in [-0.4, -0.2) is 30.1 Å². The van der Waals surface area contributed by atoms with Crippen LogP contribution in [0.2, 0.25) is 0 Å². The number of benzene rings is 3. The summed E-state index contributed by atoms with van der Waals surface area (Å²) in [5.74, 6) is 0.606. The van der Waals surface area contributed by atoms with Crippen LogP contribution in [0.4, 0.5) is 11.4 Å². The Labute approximate surface area is 205 Å². The van der Waals surface area contributed by atoms with Crippen LogP contribution >= 0.6 is 12.2 Å². The molecule has 0 heterocycles. The number of hydrogen-bond donors (Lipinski definition) is 2. The molecule has 7 heteroatoms. The van der Waals surface area contributed by atoms with Crippen LogP contribution in [0, 0.1) is 5.92 Å². The summed E-state index contributed by atoms with van der Waals surface area (Å²) in [5, 5.41) is 5.77. The Balaban J connectivity index is 1.67. The van der Waals surface area contributed by atoms with Gasteiger partial charge in [-0.15, -0.1) is 0 Å². The summed E-state index contributed by atoms with van der Waals surface area (Å²) in [6.07, 6.45) is 0. The molecule has 3 aromatic rings. The van der Waals surface area contributed by atoms with Gasteiger partial charge in [-0.25, -0.2) is 0 Å². The van der Waals surface area contributed by atoms with E-state index in [9.17, 15) is 9.59 Å². The predicted octanol–water partition coefficient (Wildman–Crippen LogP) is 5.51. The monoisotopic (exact) mass is 475 g/mol. The van der Waals surface area contributed by atoms with Gasteiger partial charge in [-0.05, 0) is 73.6 Å². The molecule has 0 atom stereocenters. The lowest BCUT2D eigenvalue weighted by Crippen LogP contribution is -2.35. The number of nitrogens with zero attached hydrogens (tertiary/aromatic N) is 1. The van der Waals surface area contributed by atoms with E-state index in [1.165, 1.54) is 0 Å². The lowest BCUT2D eigenvalue weighted by Gasteiger charge is -2.23. The van der Waals surface area contributed by atoms with Crippen molar-refractivity contribution in [3.8, 4) is 5.75 Å². The number of amides is 2. The summed E-state index contributed by atoms with van der Waals surface area (Å²) in [4.78, 5) is 27.6. The van der Waals surface area contributed by atoms with Gasteiger partial charge < -0.3 is 15.0 Å². The second kappa shape index (κ2) is 12.0. The SMILES string of the molecule is CCN(C(=O)c1ccccc1NC(=S)NC(=O)c1ccc(OCC(C)C)cc1)c1ccccc1. The molecular weight excluding hydrogens is 446 g/mol. The first-order valence-electron chi connectivity index (χ1n) is 11.2. The maximum absolute atomic E-state index is 13.3. The summed E-state index contributed by atoms with van der Waals surface area (Å²) in [7, 11) is 0. The van der Waals surface area contributed by atoms with E-state index in [2.05, 4.69) is 24.5 Å². The molecule has 6 nitrogen and oxygen atoms in total. The number of carbonyl (C=O) groups is 2. The van der Waals surface area contributed by atoms with Crippen LogP contribution in [0.15, 0.2) is 78.9 Å². The highest BCUT2D eigenvalue weighted by atomic mass is 32.1. The van der Waals surface area contributed by atoms with Crippen molar-refractivity contribution < 1.29 is 14.3 Å². The molecule has 0 fully saturated rings. The number of anilines is 2. The quantitative estimate of drug-likeness (QED) is 0.420. The lowest BCUT2D eigenvalue weighted by atomic mass is 10.1. The number of ether oxygens (including phenoxy) is 1. The van der Waals surface area contributed by atoms with Gasteiger partial charge in [0.2, 0.25) is 0 Å². The van der Waals surface area contributed by atoms with Gasteiger partial charge in [0.05, 0.1) is 17.9 Å². The van der Waals surface area contributed by atoms with Gasteiger partial charge in [0.25, 0.3) is 11.8 Å². The van der Waals surface area contributed by atoms with E-state index in [1.807, 2.05) is 37.3 Å². The highest BCUT2D eigenvalue weighted by molar-refractivity contribution is 7.80. The van der Waals surface area contributed by atoms with Crippen LogP contribution in [-0.2, 0) is 0 Å². The summed E-state index contributed by atoms with van der Waals surface area (Å²) >= 11 is 5.35. The molecule has 34 heavy (non-hydrogen) atoms. The molecule has 0 saturated heterocycles. The molecule has 3 aromatic carbocycles. The van der Waals surface area contributed by atoms with E-state index >= 15 is 0 Å². The van der Waals surface area contributed by atoms with Gasteiger partial charge in [-0.2, -0.15) is 0 Å². The number of hydrogen-bond acceptors (Lipinski definition) is 4. The Morgan fingerprint density at radius 2 is 1.59 bits per heavy atom. The highest BCUT2D eigenvalue weighted by Crippen LogP contribution is 2.22. The zero-order valence-electron chi connectivity index (χ0n) is 19.6. The number of carbonyl (C=O) groups excluding carboxylic acids is 2. The fraction of sp³-hybridized carbons (Fsp3) is 0.222. The molecule has 2 amide bonds. The third-order valence-corrected chi connectivity index (χ3v) is 5.17. The molecule has 0 aliphatic carbocycles. The zero-order chi connectivity index (χ0) is 24.5. The molecule has 0 radical (unpaired) electrons. The van der Waals surface area contributed by atoms with Crippen LogP contribution in [0.5, 0.6) is 5.75 Å². The molecule has 176 valence electrons. The summed E-state index contributed by atoms with van der Waals surface area (Å²) in [6, 6.07) is 23.4. The topological polar surface area (TPSA) is 70.7 Å². The van der Waals surface area contributed by atoms with Crippen molar-refractivity contribution >= 4 is 40.5 Å². The molecule has 0 aliphatic heterocycles. The lowest BCUT2D eigenvalue weighted by molar-refractivity contribution is 0.0974. The van der Waals surface area contributed by atoms with Gasteiger partial charge in [0.1, 0.15) is 5.75 Å². The average Bonchev–Trinajstić information content (AvgIpc) is 2.84. The van der Waals surface area contributed by atoms with E-state index in [-0.39, 0.29) is 16.9 Å². The highest BCUT2D eigenvalue weighted by Gasteiger charge is 2.20. The van der Waals surface area contributed by atoms with Gasteiger partial charge in [-0.3, -0.25) is 14.9 Å². The molecule has 0 aliphatic rings. The Hall–Kier alpha value is -3.71. The van der Waals surface area contributed by atoms with E-state index in [0.29, 0.717) is 41.6 Å². The first kappa shape index (κ1) is 24.9. The molecule has 3 rings (SSSR count). The normalized spacial score (nSPS) is 10.5. The van der Waals surface area contributed by atoms with Gasteiger partial charge >= 0.3 is 0 Å². The second-order valence-electron chi connectivity index (χ2n) is 8.07. The maximum Gasteiger partial charge on any atom is 0.260 e. The van der Waals surface area contributed by atoms with Crippen molar-refractivity contribution in [1.82, 2.24) is 5.32 Å². The largest absolute Gasteiger partial charge is 0.493 e. The average molecular weight is 476 g/mol. The summed E-state index contributed by atoms with van der Waals surface area (Å²) in [6.45, 7) is 7.18. The van der Waals surface area contributed by atoms with Crippen LogP contribution in [0.1, 0.15) is 41.5 Å². The minimum atomic E-state index is -0.351. The summed E-state index contributed by atoms with van der Waals surface area (Å²) in [5.41, 5.74) is 2.23. The van der Waals surface area contributed by atoms with Gasteiger partial charge in [-0.1, -0.05) is 44.2 Å². The fourth-order valence-electron chi connectivity index (χ4n) is 3.27. The number of rotatable bonds is 8. The summed E-state index contributed by atoms with van der Waals surface area (Å²) < 4.78 is 5.65. The van der Waals surface area contributed by atoms with Crippen LogP contribution in [0.3, 0.4) is 0 Å². The van der Waals surface area contributed by atoms with Gasteiger partial charge in [0.15, 0.2) is 5.11 Å². The second-order valence-corrected chi connectivity index (χ2v) is 8.48. The van der Waals surface area contributed by atoms with Crippen molar-refractivity contribution in [1.29, 1.82) is 0 Å². The standard InChI is InChI=1S/C27H29N3O3S/c1-4-30(21-10-6-5-7-11-21)26(32)23-12-8-9-13-24(23)28-27(34)29-25(31)20-14-16-22(17-15-20)33-18-19(2)3/h5-17,19H,4,18H2,1-3H3,(H2,28,29,31,34). The smallest absolute Gasteiger partial charge is 0.260 e. The Morgan fingerprint density at radius 1 is 0.941 bits per heavy atom. The van der Waals surface area contributed by atoms with Gasteiger partial charge in [0, 0.05) is 17.8 Å². The van der Waals surface area contributed by atoms with Crippen molar-refractivity contribution in [2.24, 2.45) is 5.92 Å². The zero-order valence-corrected chi connectivity index (χ0v) is 20.4. The van der Waals surface area contributed by atoms with Crippen molar-refractivity contribution in [3.05, 3.63) is 90.0 Å². The van der Waals surface area contributed by atoms with Crippen LogP contribution in [0.25, 0.3) is 0 Å². The Morgan fingerprint density at radius 3 is 2.24 bits per heavy atom. The molecule has 2 N–H and O–H groups in total. The first-order chi connectivity index (χ1) is 16.4. The fourth-order valence-corrected chi connectivity index (χ4v) is 3.47. The number of thiocarbonyl (C=S) groups is 1. The van der Waals surface area contributed by atoms with E-state index < -0.39 is 0 Å².